The van der Waals surface area contributed by atoms with Crippen LogP contribution in [0.1, 0.15) is 19.3 Å². The average Bonchev–Trinajstić information content (AvgIpc) is 3.24. The van der Waals surface area contributed by atoms with Gasteiger partial charge in [-0.1, -0.05) is 0 Å². The Morgan fingerprint density at radius 1 is 1.35 bits per heavy atom. The molecule has 2 aliphatic rings. The molecule has 0 aliphatic carbocycles. The lowest BCUT2D eigenvalue weighted by atomic mass is 10.1. The van der Waals surface area contributed by atoms with E-state index in [1.54, 1.807) is 19.4 Å². The van der Waals surface area contributed by atoms with Gasteiger partial charge in [0, 0.05) is 39.4 Å². The molecule has 1 aromatic rings. The second-order valence-corrected chi connectivity index (χ2v) is 6.23. The molecule has 2 saturated heterocycles. The van der Waals surface area contributed by atoms with E-state index in [1.807, 2.05) is 4.90 Å². The van der Waals surface area contributed by atoms with E-state index < -0.39 is 0 Å². The van der Waals surface area contributed by atoms with E-state index in [-0.39, 0.29) is 17.4 Å². The highest BCUT2D eigenvalue weighted by molar-refractivity contribution is 5.80. The fourth-order valence-corrected chi connectivity index (χ4v) is 3.33. The second-order valence-electron chi connectivity index (χ2n) is 6.23. The minimum atomic E-state index is -0.131. The van der Waals surface area contributed by atoms with Crippen LogP contribution in [-0.4, -0.2) is 60.5 Å². The van der Waals surface area contributed by atoms with Gasteiger partial charge in [-0.3, -0.25) is 9.59 Å². The van der Waals surface area contributed by atoms with Gasteiger partial charge in [0.1, 0.15) is 0 Å². The topological polar surface area (TPSA) is 67.7 Å². The number of nitrogens with zero attached hydrogens (tertiary/aromatic N) is 4. The molecule has 3 heterocycles. The van der Waals surface area contributed by atoms with E-state index in [2.05, 4.69) is 10.00 Å². The number of hydrogen-bond donors (Lipinski definition) is 0. The zero-order chi connectivity index (χ0) is 16.2. The first-order chi connectivity index (χ1) is 11.2. The Labute approximate surface area is 135 Å². The van der Waals surface area contributed by atoms with Crippen molar-refractivity contribution in [1.82, 2.24) is 14.7 Å². The normalized spacial score (nSPS) is 21.2. The number of rotatable bonds is 5. The SMILES string of the molecule is COCCn1ncc(N2CCC(C(=O)N3CCCC3)C2)cc1=O. The molecule has 0 bridgehead atoms. The number of methoxy groups -OCH3 is 1. The molecule has 3 rings (SSSR count). The summed E-state index contributed by atoms with van der Waals surface area (Å²) in [6.45, 7) is 4.18. The zero-order valence-electron chi connectivity index (χ0n) is 13.6. The van der Waals surface area contributed by atoms with Gasteiger partial charge in [0.15, 0.2) is 0 Å². The summed E-state index contributed by atoms with van der Waals surface area (Å²) in [4.78, 5) is 28.6. The Kier molecular flexibility index (Phi) is 4.95. The smallest absolute Gasteiger partial charge is 0.268 e. The van der Waals surface area contributed by atoms with Gasteiger partial charge in [-0.15, -0.1) is 0 Å². The highest BCUT2D eigenvalue weighted by Gasteiger charge is 2.32. The van der Waals surface area contributed by atoms with Crippen molar-refractivity contribution >= 4 is 11.6 Å². The van der Waals surface area contributed by atoms with Crippen LogP contribution < -0.4 is 10.5 Å². The Morgan fingerprint density at radius 3 is 2.83 bits per heavy atom. The van der Waals surface area contributed by atoms with E-state index in [0.717, 1.165) is 44.6 Å². The Morgan fingerprint density at radius 2 is 2.13 bits per heavy atom. The lowest BCUT2D eigenvalue weighted by molar-refractivity contribution is -0.133. The summed E-state index contributed by atoms with van der Waals surface area (Å²) in [6.07, 6.45) is 4.79. The van der Waals surface area contributed by atoms with Gasteiger partial charge >= 0.3 is 0 Å². The molecule has 126 valence electrons. The van der Waals surface area contributed by atoms with Crippen molar-refractivity contribution in [3.8, 4) is 0 Å². The third-order valence-electron chi connectivity index (χ3n) is 4.68. The lowest BCUT2D eigenvalue weighted by Gasteiger charge is -2.21. The van der Waals surface area contributed by atoms with Crippen LogP contribution in [0.15, 0.2) is 17.1 Å². The van der Waals surface area contributed by atoms with Crippen molar-refractivity contribution in [2.45, 2.75) is 25.8 Å². The maximum atomic E-state index is 12.5. The molecule has 0 aromatic carbocycles. The van der Waals surface area contributed by atoms with E-state index in [0.29, 0.717) is 19.7 Å². The van der Waals surface area contributed by atoms with Crippen LogP contribution in [0.5, 0.6) is 0 Å². The molecule has 0 radical (unpaired) electrons. The van der Waals surface area contributed by atoms with Crippen molar-refractivity contribution in [3.63, 3.8) is 0 Å². The molecule has 2 aliphatic heterocycles. The highest BCUT2D eigenvalue weighted by atomic mass is 16.5. The summed E-state index contributed by atoms with van der Waals surface area (Å²) in [5, 5.41) is 4.19. The molecule has 0 N–H and O–H groups in total. The van der Waals surface area contributed by atoms with E-state index in [9.17, 15) is 9.59 Å². The van der Waals surface area contributed by atoms with Crippen LogP contribution in [0.4, 0.5) is 5.69 Å². The van der Waals surface area contributed by atoms with Crippen LogP contribution in [0, 0.1) is 5.92 Å². The first-order valence-corrected chi connectivity index (χ1v) is 8.29. The predicted molar refractivity (Wildman–Crippen MR) is 86.5 cm³/mol. The van der Waals surface area contributed by atoms with Gasteiger partial charge in [0.2, 0.25) is 5.91 Å². The van der Waals surface area contributed by atoms with Gasteiger partial charge in [0.25, 0.3) is 5.56 Å². The molecule has 1 amide bonds. The molecule has 0 spiro atoms. The third kappa shape index (κ3) is 3.55. The first kappa shape index (κ1) is 16.0. The number of ether oxygens (including phenoxy) is 1. The number of likely N-dealkylation sites (tertiary alicyclic amines) is 1. The van der Waals surface area contributed by atoms with Crippen molar-refractivity contribution < 1.29 is 9.53 Å². The molecular formula is C16H24N4O3. The summed E-state index contributed by atoms with van der Waals surface area (Å²) in [6, 6.07) is 1.60. The highest BCUT2D eigenvalue weighted by Crippen LogP contribution is 2.25. The van der Waals surface area contributed by atoms with Gasteiger partial charge in [-0.2, -0.15) is 5.10 Å². The number of aromatic nitrogens is 2. The molecule has 0 saturated carbocycles. The fourth-order valence-electron chi connectivity index (χ4n) is 3.33. The van der Waals surface area contributed by atoms with Crippen LogP contribution in [0.3, 0.4) is 0 Å². The number of anilines is 1. The summed E-state index contributed by atoms with van der Waals surface area (Å²) < 4.78 is 6.37. The first-order valence-electron chi connectivity index (χ1n) is 8.29. The molecule has 1 unspecified atom stereocenters. The maximum absolute atomic E-state index is 12.5. The Hall–Kier alpha value is -1.89. The van der Waals surface area contributed by atoms with Crippen LogP contribution >= 0.6 is 0 Å². The minimum Gasteiger partial charge on any atom is -0.383 e. The molecule has 1 aromatic heterocycles. The molecular weight excluding hydrogens is 296 g/mol. The standard InChI is InChI=1S/C16H24N4O3/c1-23-9-8-20-15(21)10-14(11-17-20)19-7-4-13(12-19)16(22)18-5-2-3-6-18/h10-11,13H,2-9,12H2,1H3. The van der Waals surface area contributed by atoms with Gasteiger partial charge in [0.05, 0.1) is 31.0 Å². The van der Waals surface area contributed by atoms with Crippen molar-refractivity contribution in [3.05, 3.63) is 22.6 Å². The molecule has 7 nitrogen and oxygen atoms in total. The average molecular weight is 320 g/mol. The third-order valence-corrected chi connectivity index (χ3v) is 4.68. The van der Waals surface area contributed by atoms with Crippen LogP contribution in [0.25, 0.3) is 0 Å². The summed E-state index contributed by atoms with van der Waals surface area (Å²) in [5.74, 6) is 0.315. The van der Waals surface area contributed by atoms with E-state index >= 15 is 0 Å². The monoisotopic (exact) mass is 320 g/mol. The molecule has 23 heavy (non-hydrogen) atoms. The van der Waals surface area contributed by atoms with Gasteiger partial charge in [-0.25, -0.2) is 4.68 Å². The van der Waals surface area contributed by atoms with Gasteiger partial charge < -0.3 is 14.5 Å². The summed E-state index contributed by atoms with van der Waals surface area (Å²) in [5.41, 5.74) is 0.675. The van der Waals surface area contributed by atoms with Crippen molar-refractivity contribution in [2.75, 3.05) is 44.8 Å². The minimum absolute atomic E-state index is 0.0454. The maximum Gasteiger partial charge on any atom is 0.268 e. The van der Waals surface area contributed by atoms with Crippen molar-refractivity contribution in [2.24, 2.45) is 5.92 Å². The lowest BCUT2D eigenvalue weighted by Crippen LogP contribution is -2.35. The summed E-state index contributed by atoms with van der Waals surface area (Å²) >= 11 is 0. The van der Waals surface area contributed by atoms with E-state index in [4.69, 9.17) is 4.74 Å². The van der Waals surface area contributed by atoms with Gasteiger partial charge in [-0.05, 0) is 19.3 Å². The van der Waals surface area contributed by atoms with E-state index in [1.165, 1.54) is 4.68 Å². The zero-order valence-corrected chi connectivity index (χ0v) is 13.6. The predicted octanol–water partition coefficient (Wildman–Crippen LogP) is 0.338. The second kappa shape index (κ2) is 7.12. The Bertz CT molecular complexity index is 610. The largest absolute Gasteiger partial charge is 0.383 e. The number of amides is 1. The number of carbonyl (C=O) groups is 1. The van der Waals surface area contributed by atoms with Crippen molar-refractivity contribution in [1.29, 1.82) is 0 Å². The molecule has 2 fully saturated rings. The fraction of sp³-hybridized carbons (Fsp3) is 0.688. The number of carbonyl (C=O) groups excluding carboxylic acids is 1. The Balaban J connectivity index is 1.63. The quantitative estimate of drug-likeness (QED) is 0.782. The van der Waals surface area contributed by atoms with Crippen LogP contribution in [0.2, 0.25) is 0 Å². The number of hydrogen-bond acceptors (Lipinski definition) is 5. The van der Waals surface area contributed by atoms with Crippen LogP contribution in [-0.2, 0) is 16.1 Å². The molecule has 1 atom stereocenters. The molecule has 7 heteroatoms. The summed E-state index contributed by atoms with van der Waals surface area (Å²) in [7, 11) is 1.60.